The summed E-state index contributed by atoms with van der Waals surface area (Å²) in [4.78, 5) is 16.1. The van der Waals surface area contributed by atoms with E-state index in [0.29, 0.717) is 22.4 Å². The van der Waals surface area contributed by atoms with Crippen molar-refractivity contribution in [2.24, 2.45) is 0 Å². The maximum absolute atomic E-state index is 12.2. The Balaban J connectivity index is 1.80. The summed E-state index contributed by atoms with van der Waals surface area (Å²) in [5.41, 5.74) is 8.83. The molecule has 7 heteroatoms. The number of hydrogen-bond donors (Lipinski definition) is 3. The number of pyridine rings is 1. The van der Waals surface area contributed by atoms with Crippen LogP contribution in [0.4, 0.5) is 11.4 Å². The van der Waals surface area contributed by atoms with Crippen molar-refractivity contribution in [2.75, 3.05) is 11.1 Å². The van der Waals surface area contributed by atoms with E-state index in [2.05, 4.69) is 20.5 Å². The van der Waals surface area contributed by atoms with Gasteiger partial charge < -0.3 is 11.1 Å². The van der Waals surface area contributed by atoms with E-state index >= 15 is 0 Å². The van der Waals surface area contributed by atoms with Gasteiger partial charge in [-0.2, -0.15) is 5.10 Å². The predicted octanol–water partition coefficient (Wildman–Crippen LogP) is 2.48. The van der Waals surface area contributed by atoms with E-state index < -0.39 is 0 Å². The lowest BCUT2D eigenvalue weighted by molar-refractivity contribution is 0.102. The second-order valence-electron chi connectivity index (χ2n) is 4.96. The highest BCUT2D eigenvalue weighted by atomic mass is 35.5. The van der Waals surface area contributed by atoms with Gasteiger partial charge in [-0.05, 0) is 31.4 Å². The quantitative estimate of drug-likeness (QED) is 0.757. The van der Waals surface area contributed by atoms with Gasteiger partial charge in [-0.1, -0.05) is 11.6 Å². The fourth-order valence-corrected chi connectivity index (χ4v) is 2.14. The summed E-state index contributed by atoms with van der Waals surface area (Å²) in [7, 11) is 0. The predicted molar refractivity (Wildman–Crippen MR) is 76.9 cm³/mol. The normalized spacial score (nSPS) is 14.3. The fraction of sp³-hybridized carbons (Fsp3) is 0.308. The summed E-state index contributed by atoms with van der Waals surface area (Å²) < 4.78 is 0. The van der Waals surface area contributed by atoms with Gasteiger partial charge in [0.25, 0.3) is 5.91 Å². The third kappa shape index (κ3) is 2.34. The highest BCUT2D eigenvalue weighted by Crippen LogP contribution is 2.42. The number of nitrogens with one attached hydrogen (secondary N) is 2. The van der Waals surface area contributed by atoms with Crippen LogP contribution in [0.1, 0.15) is 40.5 Å². The van der Waals surface area contributed by atoms with Gasteiger partial charge in [-0.3, -0.25) is 9.89 Å². The standard InChI is InChI=1S/C13H14ClN5O/c1-6-4-8(5-16-12(6)14)17-13(20)11-9(15)10(18-19-11)7-2-3-7/h4-5,7H,2-3,15H2,1H3,(H,17,20)(H,18,19). The molecule has 0 spiro atoms. The number of aromatic nitrogens is 3. The molecule has 1 saturated carbocycles. The molecule has 0 aromatic carbocycles. The van der Waals surface area contributed by atoms with Crippen LogP contribution in [-0.2, 0) is 0 Å². The minimum absolute atomic E-state index is 0.222. The lowest BCUT2D eigenvalue weighted by Gasteiger charge is -2.05. The highest BCUT2D eigenvalue weighted by Gasteiger charge is 2.30. The van der Waals surface area contributed by atoms with Crippen LogP contribution in [0.2, 0.25) is 5.15 Å². The first-order valence-corrected chi connectivity index (χ1v) is 6.71. The maximum Gasteiger partial charge on any atom is 0.278 e. The van der Waals surface area contributed by atoms with E-state index in [1.165, 1.54) is 6.20 Å². The Labute approximate surface area is 120 Å². The molecule has 0 bridgehead atoms. The number of halogens is 1. The molecule has 0 atom stereocenters. The van der Waals surface area contributed by atoms with E-state index in [1.54, 1.807) is 6.07 Å². The molecule has 3 rings (SSSR count). The van der Waals surface area contributed by atoms with E-state index in [9.17, 15) is 4.79 Å². The third-order valence-electron chi connectivity index (χ3n) is 3.31. The summed E-state index contributed by atoms with van der Waals surface area (Å²) in [6.07, 6.45) is 3.68. The Hall–Kier alpha value is -2.08. The van der Waals surface area contributed by atoms with Crippen LogP contribution in [0, 0.1) is 6.92 Å². The minimum Gasteiger partial charge on any atom is -0.395 e. The van der Waals surface area contributed by atoms with Crippen LogP contribution in [0.5, 0.6) is 0 Å². The summed E-state index contributed by atoms with van der Waals surface area (Å²) in [5.74, 6) is 0.0673. The Morgan fingerprint density at radius 3 is 2.95 bits per heavy atom. The molecule has 0 radical (unpaired) electrons. The SMILES string of the molecule is Cc1cc(NC(=O)c2n[nH]c(C3CC3)c2N)cnc1Cl. The molecule has 6 nitrogen and oxygen atoms in total. The topological polar surface area (TPSA) is 96.7 Å². The molecule has 0 saturated heterocycles. The Bertz CT molecular complexity index is 677. The molecule has 1 amide bonds. The zero-order valence-corrected chi connectivity index (χ0v) is 11.7. The van der Waals surface area contributed by atoms with Crippen molar-refractivity contribution in [1.29, 1.82) is 0 Å². The number of aromatic amines is 1. The summed E-state index contributed by atoms with van der Waals surface area (Å²) in [5, 5.41) is 9.99. The van der Waals surface area contributed by atoms with Gasteiger partial charge in [0.15, 0.2) is 5.69 Å². The number of amides is 1. The van der Waals surface area contributed by atoms with Crippen molar-refractivity contribution in [1.82, 2.24) is 15.2 Å². The highest BCUT2D eigenvalue weighted by molar-refractivity contribution is 6.30. The monoisotopic (exact) mass is 291 g/mol. The minimum atomic E-state index is -0.353. The number of anilines is 2. The summed E-state index contributed by atoms with van der Waals surface area (Å²) >= 11 is 5.84. The number of nitrogens with zero attached hydrogens (tertiary/aromatic N) is 2. The fourth-order valence-electron chi connectivity index (χ4n) is 2.04. The van der Waals surface area contributed by atoms with Gasteiger partial charge >= 0.3 is 0 Å². The van der Waals surface area contributed by atoms with Crippen LogP contribution >= 0.6 is 11.6 Å². The number of aryl methyl sites for hydroxylation is 1. The average Bonchev–Trinajstić information content (AvgIpc) is 3.17. The Morgan fingerprint density at radius 2 is 2.30 bits per heavy atom. The number of H-pyrrole nitrogens is 1. The second kappa shape index (κ2) is 4.79. The third-order valence-corrected chi connectivity index (χ3v) is 3.70. The average molecular weight is 292 g/mol. The molecule has 0 unspecified atom stereocenters. The Morgan fingerprint density at radius 1 is 1.55 bits per heavy atom. The van der Waals surface area contributed by atoms with Gasteiger partial charge in [0.1, 0.15) is 5.15 Å². The van der Waals surface area contributed by atoms with Crippen LogP contribution < -0.4 is 11.1 Å². The van der Waals surface area contributed by atoms with Crippen LogP contribution in [0.3, 0.4) is 0 Å². The largest absolute Gasteiger partial charge is 0.395 e. The first-order valence-electron chi connectivity index (χ1n) is 6.33. The lowest BCUT2D eigenvalue weighted by atomic mass is 10.2. The molecule has 2 aromatic rings. The van der Waals surface area contributed by atoms with E-state index in [4.69, 9.17) is 17.3 Å². The molecule has 1 fully saturated rings. The van der Waals surface area contributed by atoms with Crippen molar-refractivity contribution < 1.29 is 4.79 Å². The van der Waals surface area contributed by atoms with Crippen molar-refractivity contribution >= 4 is 28.9 Å². The van der Waals surface area contributed by atoms with E-state index in [1.807, 2.05) is 6.92 Å². The smallest absolute Gasteiger partial charge is 0.278 e. The number of carbonyl (C=O) groups excluding carboxylic acids is 1. The molecule has 1 aliphatic rings. The second-order valence-corrected chi connectivity index (χ2v) is 5.32. The number of hydrogen-bond acceptors (Lipinski definition) is 4. The first kappa shape index (κ1) is 12.9. The van der Waals surface area contributed by atoms with Crippen LogP contribution in [0.15, 0.2) is 12.3 Å². The van der Waals surface area contributed by atoms with Crippen molar-refractivity contribution in [3.05, 3.63) is 34.4 Å². The van der Waals surface area contributed by atoms with Crippen molar-refractivity contribution in [3.8, 4) is 0 Å². The summed E-state index contributed by atoms with van der Waals surface area (Å²) in [6.45, 7) is 1.82. The summed E-state index contributed by atoms with van der Waals surface area (Å²) in [6, 6.07) is 1.75. The van der Waals surface area contributed by atoms with Gasteiger partial charge in [-0.15, -0.1) is 0 Å². The number of rotatable bonds is 3. The Kier molecular flexibility index (Phi) is 3.10. The van der Waals surface area contributed by atoms with Gasteiger partial charge in [0.2, 0.25) is 0 Å². The van der Waals surface area contributed by atoms with Crippen LogP contribution in [0.25, 0.3) is 0 Å². The maximum atomic E-state index is 12.2. The van der Waals surface area contributed by atoms with Gasteiger partial charge in [0, 0.05) is 5.92 Å². The first-order chi connectivity index (χ1) is 9.56. The molecular weight excluding hydrogens is 278 g/mol. The van der Waals surface area contributed by atoms with Crippen LogP contribution in [-0.4, -0.2) is 21.1 Å². The molecule has 2 aromatic heterocycles. The molecule has 20 heavy (non-hydrogen) atoms. The molecule has 104 valence electrons. The van der Waals surface area contributed by atoms with Crippen molar-refractivity contribution in [3.63, 3.8) is 0 Å². The molecule has 0 aliphatic heterocycles. The number of carbonyl (C=O) groups is 1. The van der Waals surface area contributed by atoms with E-state index in [0.717, 1.165) is 24.1 Å². The lowest BCUT2D eigenvalue weighted by Crippen LogP contribution is -2.14. The molecule has 4 N–H and O–H groups in total. The van der Waals surface area contributed by atoms with E-state index in [-0.39, 0.29) is 11.6 Å². The van der Waals surface area contributed by atoms with Crippen molar-refractivity contribution in [2.45, 2.75) is 25.7 Å². The molecule has 1 aliphatic carbocycles. The molecular formula is C13H14ClN5O. The van der Waals surface area contributed by atoms with Gasteiger partial charge in [0.05, 0.1) is 23.3 Å². The van der Waals surface area contributed by atoms with Gasteiger partial charge in [-0.25, -0.2) is 4.98 Å². The molecule has 2 heterocycles. The number of nitrogen functional groups attached to an aromatic ring is 1. The zero-order valence-electron chi connectivity index (χ0n) is 10.9. The number of nitrogens with two attached hydrogens (primary N) is 1. The zero-order chi connectivity index (χ0) is 14.3.